The molecular formula is C20H18FN3O3. The number of amides is 1. The highest BCUT2D eigenvalue weighted by Gasteiger charge is 2.72. The molecular weight excluding hydrogens is 349 g/mol. The Bertz CT molecular complexity index is 924. The van der Waals surface area contributed by atoms with Gasteiger partial charge in [0.25, 0.3) is 5.91 Å². The maximum atomic E-state index is 15.5. The molecule has 2 aliphatic rings. The number of aromatic nitrogens is 2. The van der Waals surface area contributed by atoms with Gasteiger partial charge in [-0.05, 0) is 18.4 Å². The van der Waals surface area contributed by atoms with Crippen molar-refractivity contribution in [2.24, 2.45) is 5.92 Å². The van der Waals surface area contributed by atoms with E-state index in [1.807, 2.05) is 18.2 Å². The Morgan fingerprint density at radius 1 is 1.19 bits per heavy atom. The van der Waals surface area contributed by atoms with E-state index in [0.29, 0.717) is 23.4 Å². The molecule has 3 atom stereocenters. The van der Waals surface area contributed by atoms with Crippen molar-refractivity contribution in [1.29, 1.82) is 0 Å². The van der Waals surface area contributed by atoms with Crippen molar-refractivity contribution >= 4 is 5.91 Å². The maximum Gasteiger partial charge on any atom is 0.282 e. The zero-order valence-electron chi connectivity index (χ0n) is 14.3. The summed E-state index contributed by atoms with van der Waals surface area (Å²) in [7, 11) is 0. The summed E-state index contributed by atoms with van der Waals surface area (Å²) in [6.07, 6.45) is 9.83. The predicted molar refractivity (Wildman–Crippen MR) is 95.6 cm³/mol. The Morgan fingerprint density at radius 2 is 1.89 bits per heavy atom. The fraction of sp³-hybridized carbons (Fsp3) is 0.250. The number of alkyl halides is 1. The molecule has 2 aromatic rings. The number of carbonyl (C=O) groups excluding carboxylic acids is 1. The average Bonchev–Trinajstić information content (AvgIpc) is 3.35. The molecule has 3 N–H and O–H groups in total. The summed E-state index contributed by atoms with van der Waals surface area (Å²) in [5.41, 5.74) is 1.57. The molecule has 0 unspecified atom stereocenters. The van der Waals surface area contributed by atoms with Crippen LogP contribution in [-0.4, -0.2) is 31.9 Å². The second-order valence-electron chi connectivity index (χ2n) is 6.76. The minimum Gasteiger partial charge on any atom is -0.505 e. The Balaban J connectivity index is 1.64. The lowest BCUT2D eigenvalue weighted by Gasteiger charge is -2.09. The Kier molecular flexibility index (Phi) is 4.24. The molecule has 138 valence electrons. The quantitative estimate of drug-likeness (QED) is 0.570. The van der Waals surface area contributed by atoms with Gasteiger partial charge in [-0.25, -0.2) is 19.8 Å². The van der Waals surface area contributed by atoms with Gasteiger partial charge in [0, 0.05) is 17.4 Å². The van der Waals surface area contributed by atoms with E-state index < -0.39 is 23.4 Å². The van der Waals surface area contributed by atoms with Gasteiger partial charge in [0.05, 0.1) is 12.4 Å². The predicted octanol–water partition coefficient (Wildman–Crippen LogP) is 3.05. The van der Waals surface area contributed by atoms with E-state index in [-0.39, 0.29) is 5.75 Å². The van der Waals surface area contributed by atoms with Crippen molar-refractivity contribution in [1.82, 2.24) is 15.4 Å². The Hall–Kier alpha value is -3.06. The van der Waals surface area contributed by atoms with E-state index in [2.05, 4.69) is 9.97 Å². The monoisotopic (exact) mass is 367 g/mol. The summed E-state index contributed by atoms with van der Waals surface area (Å²) >= 11 is 0. The second kappa shape index (κ2) is 6.59. The lowest BCUT2D eigenvalue weighted by atomic mass is 9.97. The number of hydrogen-bond donors (Lipinski definition) is 3. The summed E-state index contributed by atoms with van der Waals surface area (Å²) in [4.78, 5) is 20.1. The smallest absolute Gasteiger partial charge is 0.282 e. The van der Waals surface area contributed by atoms with Crippen LogP contribution in [0.2, 0.25) is 0 Å². The number of rotatable bonds is 4. The fourth-order valence-corrected chi connectivity index (χ4v) is 3.83. The number of hydrogen-bond acceptors (Lipinski definition) is 5. The molecule has 0 saturated heterocycles. The second-order valence-corrected chi connectivity index (χ2v) is 6.76. The molecule has 0 aliphatic heterocycles. The number of nitrogens with zero attached hydrogens (tertiary/aromatic N) is 2. The molecule has 7 heteroatoms. The zero-order valence-corrected chi connectivity index (χ0v) is 14.3. The van der Waals surface area contributed by atoms with Crippen LogP contribution >= 0.6 is 0 Å². The highest BCUT2D eigenvalue weighted by Crippen LogP contribution is 2.64. The third kappa shape index (κ3) is 2.90. The Morgan fingerprint density at radius 3 is 2.48 bits per heavy atom. The van der Waals surface area contributed by atoms with Crippen LogP contribution in [0.4, 0.5) is 4.39 Å². The zero-order chi connectivity index (χ0) is 19.0. The third-order valence-corrected chi connectivity index (χ3v) is 5.19. The summed E-state index contributed by atoms with van der Waals surface area (Å²) in [6.45, 7) is 0. The van der Waals surface area contributed by atoms with Gasteiger partial charge >= 0.3 is 0 Å². The molecule has 0 bridgehead atoms. The van der Waals surface area contributed by atoms with Gasteiger partial charge in [-0.1, -0.05) is 48.1 Å². The van der Waals surface area contributed by atoms with Crippen LogP contribution in [0.1, 0.15) is 24.3 Å². The standard InChI is InChI=1S/C20H18FN3O3/c21-20(19(26)24-27)16(12-4-2-1-3-5-12)17(20)13-6-8-14(9-7-13)18-22-10-15(25)11-23-18/h1-2,4,6-11,16-17,25,27H,3,5H2,(H,24,26)/t16-,17-,20+/m1/s1. The van der Waals surface area contributed by atoms with Crippen molar-refractivity contribution < 1.29 is 19.5 Å². The van der Waals surface area contributed by atoms with E-state index in [9.17, 15) is 9.90 Å². The van der Waals surface area contributed by atoms with Gasteiger partial charge in [-0.3, -0.25) is 10.0 Å². The number of aromatic hydroxyl groups is 1. The average molecular weight is 367 g/mol. The molecule has 1 heterocycles. The fourth-order valence-electron chi connectivity index (χ4n) is 3.83. The van der Waals surface area contributed by atoms with Gasteiger partial charge in [0.2, 0.25) is 5.67 Å². The molecule has 1 fully saturated rings. The van der Waals surface area contributed by atoms with Gasteiger partial charge in [-0.2, -0.15) is 0 Å². The number of hydroxylamine groups is 1. The lowest BCUT2D eigenvalue weighted by molar-refractivity contribution is -0.136. The van der Waals surface area contributed by atoms with Crippen LogP contribution in [-0.2, 0) is 4.79 Å². The van der Waals surface area contributed by atoms with Crippen molar-refractivity contribution in [2.75, 3.05) is 0 Å². The molecule has 0 radical (unpaired) electrons. The first-order valence-electron chi connectivity index (χ1n) is 8.66. The molecule has 1 aromatic heterocycles. The molecule has 1 aromatic carbocycles. The van der Waals surface area contributed by atoms with Gasteiger partial charge in [0.1, 0.15) is 0 Å². The first-order chi connectivity index (χ1) is 13.1. The first-order valence-corrected chi connectivity index (χ1v) is 8.66. The van der Waals surface area contributed by atoms with Crippen molar-refractivity contribution in [2.45, 2.75) is 24.4 Å². The Labute approximate surface area is 155 Å². The number of nitrogens with one attached hydrogen (secondary N) is 1. The SMILES string of the molecule is O=C(NO)[C@]1(F)[C@H](C2=CC=CCC2)[C@H]1c1ccc(-c2ncc(O)cn2)cc1. The van der Waals surface area contributed by atoms with Gasteiger partial charge < -0.3 is 5.11 Å². The van der Waals surface area contributed by atoms with Gasteiger partial charge in [-0.15, -0.1) is 0 Å². The number of allylic oxidation sites excluding steroid dienone is 4. The minimum absolute atomic E-state index is 0.0248. The van der Waals surface area contributed by atoms with E-state index in [4.69, 9.17) is 5.21 Å². The third-order valence-electron chi connectivity index (χ3n) is 5.19. The highest BCUT2D eigenvalue weighted by atomic mass is 19.1. The molecule has 1 amide bonds. The summed E-state index contributed by atoms with van der Waals surface area (Å²) < 4.78 is 15.5. The van der Waals surface area contributed by atoms with Crippen molar-refractivity contribution in [3.05, 3.63) is 66.0 Å². The van der Waals surface area contributed by atoms with Crippen LogP contribution in [0.15, 0.2) is 60.5 Å². The highest BCUT2D eigenvalue weighted by molar-refractivity contribution is 5.91. The summed E-state index contributed by atoms with van der Waals surface area (Å²) in [5, 5.41) is 18.3. The molecule has 1 saturated carbocycles. The largest absolute Gasteiger partial charge is 0.505 e. The minimum atomic E-state index is -2.16. The topological polar surface area (TPSA) is 95.3 Å². The van der Waals surface area contributed by atoms with E-state index in [1.165, 1.54) is 17.9 Å². The van der Waals surface area contributed by atoms with E-state index in [1.54, 1.807) is 24.3 Å². The van der Waals surface area contributed by atoms with Crippen LogP contribution < -0.4 is 5.48 Å². The normalized spacial score (nSPS) is 26.4. The maximum absolute atomic E-state index is 15.5. The van der Waals surface area contributed by atoms with Gasteiger partial charge in [0.15, 0.2) is 11.6 Å². The van der Waals surface area contributed by atoms with Crippen molar-refractivity contribution in [3.8, 4) is 17.1 Å². The van der Waals surface area contributed by atoms with Crippen LogP contribution in [0.25, 0.3) is 11.4 Å². The summed E-state index contributed by atoms with van der Waals surface area (Å²) in [5.74, 6) is -1.85. The van der Waals surface area contributed by atoms with E-state index >= 15 is 4.39 Å². The molecule has 27 heavy (non-hydrogen) atoms. The number of benzene rings is 1. The van der Waals surface area contributed by atoms with Crippen LogP contribution in [0, 0.1) is 5.92 Å². The van der Waals surface area contributed by atoms with Crippen LogP contribution in [0.5, 0.6) is 5.75 Å². The molecule has 4 rings (SSSR count). The lowest BCUT2D eigenvalue weighted by Crippen LogP contribution is -2.33. The van der Waals surface area contributed by atoms with Crippen LogP contribution in [0.3, 0.4) is 0 Å². The van der Waals surface area contributed by atoms with Crippen molar-refractivity contribution in [3.63, 3.8) is 0 Å². The molecule has 0 spiro atoms. The first kappa shape index (κ1) is 17.4. The molecule has 2 aliphatic carbocycles. The summed E-state index contributed by atoms with van der Waals surface area (Å²) in [6, 6.07) is 7.00. The molecule has 6 nitrogen and oxygen atoms in total. The number of halogens is 1. The van der Waals surface area contributed by atoms with E-state index in [0.717, 1.165) is 12.0 Å². The number of carbonyl (C=O) groups is 1.